The first-order valence-corrected chi connectivity index (χ1v) is 4.84. The third kappa shape index (κ3) is 1.68. The topological polar surface area (TPSA) is 40.5 Å². The number of anilines is 1. The highest BCUT2D eigenvalue weighted by Gasteiger charge is 2.28. The molecule has 1 aromatic rings. The van der Waals surface area contributed by atoms with Crippen molar-refractivity contribution in [1.82, 2.24) is 0 Å². The van der Waals surface area contributed by atoms with Crippen molar-refractivity contribution in [3.63, 3.8) is 0 Å². The van der Waals surface area contributed by atoms with E-state index in [4.69, 9.17) is 11.6 Å². The summed E-state index contributed by atoms with van der Waals surface area (Å²) < 4.78 is 0. The molecule has 1 heterocycles. The average Bonchev–Trinajstić information content (AvgIpc) is 2.45. The molecular formula is C10H10ClNO2. The molecule has 1 aromatic carbocycles. The summed E-state index contributed by atoms with van der Waals surface area (Å²) in [4.78, 5) is 13.1. The fourth-order valence-electron chi connectivity index (χ4n) is 1.57. The number of nitrogens with zero attached hydrogens (tertiary/aromatic N) is 1. The summed E-state index contributed by atoms with van der Waals surface area (Å²) in [6.45, 7) is 0.518. The summed E-state index contributed by atoms with van der Waals surface area (Å²) in [6.07, 6.45) is 0.372. The van der Waals surface area contributed by atoms with Crippen LogP contribution in [0.2, 0.25) is 0 Å². The summed E-state index contributed by atoms with van der Waals surface area (Å²) in [5.74, 6) is 0.170. The van der Waals surface area contributed by atoms with Gasteiger partial charge in [0.1, 0.15) is 5.75 Å². The number of halogens is 1. The number of phenols is 1. The van der Waals surface area contributed by atoms with Gasteiger partial charge in [0.25, 0.3) is 0 Å². The Labute approximate surface area is 86.9 Å². The van der Waals surface area contributed by atoms with Crippen molar-refractivity contribution in [3.8, 4) is 5.75 Å². The predicted octanol–water partition coefficient (Wildman–Crippen LogP) is 1.74. The Morgan fingerprint density at radius 2 is 2.29 bits per heavy atom. The Morgan fingerprint density at radius 3 is 2.86 bits per heavy atom. The van der Waals surface area contributed by atoms with Crippen LogP contribution in [0.15, 0.2) is 24.3 Å². The van der Waals surface area contributed by atoms with Gasteiger partial charge in [-0.25, -0.2) is 0 Å². The number of benzene rings is 1. The van der Waals surface area contributed by atoms with Crippen LogP contribution in [-0.2, 0) is 4.79 Å². The molecule has 1 aliphatic rings. The highest BCUT2D eigenvalue weighted by molar-refractivity contribution is 6.24. The molecule has 1 N–H and O–H groups in total. The monoisotopic (exact) mass is 211 g/mol. The van der Waals surface area contributed by atoms with E-state index in [0.29, 0.717) is 18.7 Å². The molecule has 4 heteroatoms. The lowest BCUT2D eigenvalue weighted by Crippen LogP contribution is -2.24. The fraction of sp³-hybridized carbons (Fsp3) is 0.300. The Balaban J connectivity index is 2.27. The fourth-order valence-corrected chi connectivity index (χ4v) is 1.84. The van der Waals surface area contributed by atoms with Crippen molar-refractivity contribution >= 4 is 23.2 Å². The van der Waals surface area contributed by atoms with Crippen LogP contribution in [0.3, 0.4) is 0 Å². The minimum absolute atomic E-state index is 0.00981. The molecule has 1 amide bonds. The molecule has 0 aromatic heterocycles. The van der Waals surface area contributed by atoms with Gasteiger partial charge in [-0.05, 0) is 12.1 Å². The summed E-state index contributed by atoms with van der Waals surface area (Å²) in [6, 6.07) is 6.63. The average molecular weight is 212 g/mol. The molecule has 1 atom stereocenters. The van der Waals surface area contributed by atoms with E-state index in [-0.39, 0.29) is 17.0 Å². The van der Waals surface area contributed by atoms with Crippen LogP contribution >= 0.6 is 11.6 Å². The van der Waals surface area contributed by atoms with E-state index in [0.717, 1.165) is 0 Å². The molecule has 0 radical (unpaired) electrons. The van der Waals surface area contributed by atoms with E-state index < -0.39 is 0 Å². The summed E-state index contributed by atoms with van der Waals surface area (Å²) >= 11 is 5.87. The van der Waals surface area contributed by atoms with E-state index in [1.54, 1.807) is 29.2 Å². The molecule has 1 unspecified atom stereocenters. The largest absolute Gasteiger partial charge is 0.508 e. The molecule has 2 rings (SSSR count). The van der Waals surface area contributed by atoms with Gasteiger partial charge in [-0.3, -0.25) is 4.79 Å². The number of amides is 1. The van der Waals surface area contributed by atoms with Crippen molar-refractivity contribution in [3.05, 3.63) is 24.3 Å². The van der Waals surface area contributed by atoms with E-state index in [9.17, 15) is 9.90 Å². The van der Waals surface area contributed by atoms with Gasteiger partial charge in [0, 0.05) is 24.7 Å². The van der Waals surface area contributed by atoms with Crippen LogP contribution in [0.4, 0.5) is 5.69 Å². The first-order valence-electron chi connectivity index (χ1n) is 4.40. The number of aromatic hydroxyl groups is 1. The lowest BCUT2D eigenvalue weighted by Gasteiger charge is -2.15. The Bertz CT molecular complexity index is 367. The molecule has 0 aliphatic carbocycles. The smallest absolute Gasteiger partial charge is 0.228 e. The third-order valence-electron chi connectivity index (χ3n) is 2.22. The number of hydrogen-bond donors (Lipinski definition) is 1. The number of alkyl halides is 1. The van der Waals surface area contributed by atoms with Gasteiger partial charge in [-0.2, -0.15) is 0 Å². The minimum atomic E-state index is -0.121. The SMILES string of the molecule is O=C1CC(Cl)CN1c1cccc(O)c1. The molecule has 0 bridgehead atoms. The minimum Gasteiger partial charge on any atom is -0.508 e. The predicted molar refractivity (Wildman–Crippen MR) is 54.7 cm³/mol. The molecular weight excluding hydrogens is 202 g/mol. The second-order valence-corrected chi connectivity index (χ2v) is 3.94. The van der Waals surface area contributed by atoms with Crippen molar-refractivity contribution in [2.75, 3.05) is 11.4 Å². The zero-order valence-corrected chi connectivity index (χ0v) is 8.24. The lowest BCUT2D eigenvalue weighted by molar-refractivity contribution is -0.117. The zero-order chi connectivity index (χ0) is 10.1. The molecule has 1 saturated heterocycles. The standard InChI is InChI=1S/C10H10ClNO2/c11-7-4-10(14)12(6-7)8-2-1-3-9(13)5-8/h1-3,5,7,13H,4,6H2. The molecule has 0 spiro atoms. The lowest BCUT2D eigenvalue weighted by atomic mass is 10.3. The van der Waals surface area contributed by atoms with Crippen LogP contribution in [0, 0.1) is 0 Å². The highest BCUT2D eigenvalue weighted by Crippen LogP contribution is 2.26. The van der Waals surface area contributed by atoms with Crippen LogP contribution in [0.25, 0.3) is 0 Å². The Morgan fingerprint density at radius 1 is 1.50 bits per heavy atom. The number of phenolic OH excluding ortho intramolecular Hbond substituents is 1. The number of hydrogen-bond acceptors (Lipinski definition) is 2. The zero-order valence-electron chi connectivity index (χ0n) is 7.48. The van der Waals surface area contributed by atoms with Gasteiger partial charge < -0.3 is 10.0 Å². The number of carbonyl (C=O) groups excluding carboxylic acids is 1. The van der Waals surface area contributed by atoms with Gasteiger partial charge in [0.15, 0.2) is 0 Å². The quantitative estimate of drug-likeness (QED) is 0.719. The summed E-state index contributed by atoms with van der Waals surface area (Å²) in [5.41, 5.74) is 0.707. The molecule has 1 aliphatic heterocycles. The maximum Gasteiger partial charge on any atom is 0.228 e. The molecule has 3 nitrogen and oxygen atoms in total. The number of rotatable bonds is 1. The van der Waals surface area contributed by atoms with Crippen LogP contribution in [0.5, 0.6) is 5.75 Å². The number of carbonyl (C=O) groups is 1. The second kappa shape index (κ2) is 3.50. The van der Waals surface area contributed by atoms with E-state index in [1.807, 2.05) is 0 Å². The van der Waals surface area contributed by atoms with Crippen molar-refractivity contribution in [1.29, 1.82) is 0 Å². The van der Waals surface area contributed by atoms with Gasteiger partial charge in [-0.1, -0.05) is 6.07 Å². The van der Waals surface area contributed by atoms with Gasteiger partial charge in [0.2, 0.25) is 5.91 Å². The first-order chi connectivity index (χ1) is 6.66. The normalized spacial score (nSPS) is 21.6. The first kappa shape index (κ1) is 9.34. The van der Waals surface area contributed by atoms with Crippen molar-refractivity contribution < 1.29 is 9.90 Å². The Kier molecular flexibility index (Phi) is 2.33. The van der Waals surface area contributed by atoms with E-state index >= 15 is 0 Å². The summed E-state index contributed by atoms with van der Waals surface area (Å²) in [5, 5.41) is 9.13. The maximum absolute atomic E-state index is 11.5. The van der Waals surface area contributed by atoms with E-state index in [2.05, 4.69) is 0 Å². The van der Waals surface area contributed by atoms with Crippen molar-refractivity contribution in [2.45, 2.75) is 11.8 Å². The van der Waals surface area contributed by atoms with E-state index in [1.165, 1.54) is 0 Å². The van der Waals surface area contributed by atoms with Crippen molar-refractivity contribution in [2.24, 2.45) is 0 Å². The van der Waals surface area contributed by atoms with Crippen LogP contribution < -0.4 is 4.90 Å². The second-order valence-electron chi connectivity index (χ2n) is 3.33. The Hall–Kier alpha value is -1.22. The summed E-state index contributed by atoms with van der Waals surface area (Å²) in [7, 11) is 0. The molecule has 1 fully saturated rings. The maximum atomic E-state index is 11.5. The van der Waals surface area contributed by atoms with Crippen LogP contribution in [-0.4, -0.2) is 22.9 Å². The van der Waals surface area contributed by atoms with Gasteiger partial charge in [0.05, 0.1) is 5.38 Å². The van der Waals surface area contributed by atoms with Gasteiger partial charge in [-0.15, -0.1) is 11.6 Å². The third-order valence-corrected chi connectivity index (χ3v) is 2.51. The molecule has 74 valence electrons. The molecule has 14 heavy (non-hydrogen) atoms. The highest BCUT2D eigenvalue weighted by atomic mass is 35.5. The van der Waals surface area contributed by atoms with Gasteiger partial charge >= 0.3 is 0 Å². The van der Waals surface area contributed by atoms with Crippen LogP contribution in [0.1, 0.15) is 6.42 Å². The molecule has 0 saturated carbocycles.